The second kappa shape index (κ2) is 8.41. The molecule has 154 valence electrons. The zero-order valence-corrected chi connectivity index (χ0v) is 17.1. The molecule has 0 unspecified atom stereocenters. The molecule has 1 saturated heterocycles. The molecule has 1 aromatic heterocycles. The molecule has 4 rings (SSSR count). The third kappa shape index (κ3) is 4.05. The zero-order valence-electron chi connectivity index (χ0n) is 17.1. The number of aryl methyl sites for hydroxylation is 1. The van der Waals surface area contributed by atoms with Crippen molar-refractivity contribution >= 4 is 11.8 Å². The molecule has 3 aromatic rings. The van der Waals surface area contributed by atoms with Gasteiger partial charge in [-0.25, -0.2) is 4.68 Å². The second-order valence-electron chi connectivity index (χ2n) is 7.27. The molecule has 0 N–H and O–H groups in total. The molecule has 1 aliphatic heterocycles. The number of piperazine rings is 1. The smallest absolute Gasteiger partial charge is 0.254 e. The number of methoxy groups -OCH3 is 1. The average molecular weight is 404 g/mol. The number of amides is 2. The summed E-state index contributed by atoms with van der Waals surface area (Å²) in [5.74, 6) is 0.577. The van der Waals surface area contributed by atoms with Crippen molar-refractivity contribution in [2.24, 2.45) is 0 Å². The summed E-state index contributed by atoms with van der Waals surface area (Å²) >= 11 is 0. The number of ether oxygens (including phenoxy) is 1. The van der Waals surface area contributed by atoms with Crippen LogP contribution in [-0.2, 0) is 0 Å². The summed E-state index contributed by atoms with van der Waals surface area (Å²) in [6.07, 6.45) is 1.88. The van der Waals surface area contributed by atoms with E-state index in [0.717, 1.165) is 11.4 Å². The van der Waals surface area contributed by atoms with Crippen molar-refractivity contribution in [3.8, 4) is 11.4 Å². The van der Waals surface area contributed by atoms with Crippen molar-refractivity contribution in [1.29, 1.82) is 0 Å². The van der Waals surface area contributed by atoms with E-state index < -0.39 is 0 Å². The van der Waals surface area contributed by atoms with Crippen LogP contribution in [0.15, 0.2) is 60.8 Å². The van der Waals surface area contributed by atoms with E-state index in [2.05, 4.69) is 5.10 Å². The van der Waals surface area contributed by atoms with Crippen LogP contribution in [0.4, 0.5) is 0 Å². The Balaban J connectivity index is 1.41. The fourth-order valence-corrected chi connectivity index (χ4v) is 3.57. The van der Waals surface area contributed by atoms with E-state index in [9.17, 15) is 9.59 Å². The maximum absolute atomic E-state index is 13.0. The van der Waals surface area contributed by atoms with Gasteiger partial charge in [-0.2, -0.15) is 5.10 Å². The van der Waals surface area contributed by atoms with Crippen LogP contribution in [0.5, 0.6) is 5.75 Å². The van der Waals surface area contributed by atoms with Crippen molar-refractivity contribution in [3.05, 3.63) is 77.6 Å². The molecule has 2 aromatic carbocycles. The third-order valence-corrected chi connectivity index (χ3v) is 5.25. The van der Waals surface area contributed by atoms with E-state index in [1.165, 1.54) is 0 Å². The first-order valence-corrected chi connectivity index (χ1v) is 9.90. The van der Waals surface area contributed by atoms with Gasteiger partial charge in [-0.1, -0.05) is 12.1 Å². The highest BCUT2D eigenvalue weighted by Crippen LogP contribution is 2.17. The van der Waals surface area contributed by atoms with Crippen LogP contribution in [0.2, 0.25) is 0 Å². The molecule has 0 saturated carbocycles. The Labute approximate surface area is 175 Å². The predicted molar refractivity (Wildman–Crippen MR) is 113 cm³/mol. The van der Waals surface area contributed by atoms with Crippen LogP contribution in [0.25, 0.3) is 5.69 Å². The van der Waals surface area contributed by atoms with Gasteiger partial charge in [0.25, 0.3) is 11.8 Å². The summed E-state index contributed by atoms with van der Waals surface area (Å²) in [4.78, 5) is 29.3. The monoisotopic (exact) mass is 404 g/mol. The highest BCUT2D eigenvalue weighted by molar-refractivity contribution is 5.96. The zero-order chi connectivity index (χ0) is 21.1. The van der Waals surface area contributed by atoms with E-state index in [4.69, 9.17) is 4.74 Å². The maximum Gasteiger partial charge on any atom is 0.254 e. The lowest BCUT2D eigenvalue weighted by atomic mass is 10.1. The number of hydrogen-bond acceptors (Lipinski definition) is 4. The summed E-state index contributed by atoms with van der Waals surface area (Å²) in [6.45, 7) is 3.93. The lowest BCUT2D eigenvalue weighted by Crippen LogP contribution is -2.50. The highest BCUT2D eigenvalue weighted by atomic mass is 16.5. The standard InChI is InChI=1S/C23H24N4O3/c1-17-9-10-27(24-17)20-7-3-5-18(15-20)22(28)25-11-13-26(14-12-25)23(29)19-6-4-8-21(16-19)30-2/h3-10,15-16H,11-14H2,1-2H3. The maximum atomic E-state index is 13.0. The average Bonchev–Trinajstić information content (AvgIpc) is 3.24. The van der Waals surface area contributed by atoms with Gasteiger partial charge in [0.15, 0.2) is 0 Å². The van der Waals surface area contributed by atoms with Gasteiger partial charge < -0.3 is 14.5 Å². The van der Waals surface area contributed by atoms with Crippen LogP contribution in [0, 0.1) is 6.92 Å². The number of nitrogens with zero attached hydrogens (tertiary/aromatic N) is 4. The van der Waals surface area contributed by atoms with Crippen molar-refractivity contribution in [2.45, 2.75) is 6.92 Å². The van der Waals surface area contributed by atoms with E-state index in [0.29, 0.717) is 43.1 Å². The number of carbonyl (C=O) groups is 2. The summed E-state index contributed by atoms with van der Waals surface area (Å²) in [7, 11) is 1.58. The summed E-state index contributed by atoms with van der Waals surface area (Å²) in [5, 5.41) is 4.40. The quantitative estimate of drug-likeness (QED) is 0.671. The van der Waals surface area contributed by atoms with E-state index in [1.807, 2.05) is 49.5 Å². The molecule has 0 atom stereocenters. The number of benzene rings is 2. The first-order valence-electron chi connectivity index (χ1n) is 9.90. The molecule has 0 spiro atoms. The Morgan fingerprint density at radius 1 is 0.867 bits per heavy atom. The predicted octanol–water partition coefficient (Wildman–Crippen LogP) is 2.79. The molecular formula is C23H24N4O3. The molecular weight excluding hydrogens is 380 g/mol. The molecule has 0 radical (unpaired) electrons. The fraction of sp³-hybridized carbons (Fsp3) is 0.261. The van der Waals surface area contributed by atoms with Crippen LogP contribution in [0.3, 0.4) is 0 Å². The Kier molecular flexibility index (Phi) is 5.52. The van der Waals surface area contributed by atoms with Crippen molar-refractivity contribution < 1.29 is 14.3 Å². The van der Waals surface area contributed by atoms with Crippen molar-refractivity contribution in [2.75, 3.05) is 33.3 Å². The molecule has 7 nitrogen and oxygen atoms in total. The van der Waals surface area contributed by atoms with Gasteiger partial charge in [-0.3, -0.25) is 9.59 Å². The first kappa shape index (κ1) is 19.7. The molecule has 1 fully saturated rings. The molecule has 30 heavy (non-hydrogen) atoms. The largest absolute Gasteiger partial charge is 0.497 e. The number of carbonyl (C=O) groups excluding carboxylic acids is 2. The minimum absolute atomic E-state index is 0.0331. The summed E-state index contributed by atoms with van der Waals surface area (Å²) in [5.41, 5.74) is 2.98. The van der Waals surface area contributed by atoms with Gasteiger partial charge in [-0.15, -0.1) is 0 Å². The van der Waals surface area contributed by atoms with Crippen LogP contribution < -0.4 is 4.74 Å². The van der Waals surface area contributed by atoms with Gasteiger partial charge in [0.1, 0.15) is 5.75 Å². The van der Waals surface area contributed by atoms with Gasteiger partial charge in [0.05, 0.1) is 18.5 Å². The van der Waals surface area contributed by atoms with Crippen LogP contribution >= 0.6 is 0 Å². The topological polar surface area (TPSA) is 67.7 Å². The molecule has 1 aliphatic rings. The first-order chi connectivity index (χ1) is 14.5. The summed E-state index contributed by atoms with van der Waals surface area (Å²) in [6, 6.07) is 16.5. The number of rotatable bonds is 4. The van der Waals surface area contributed by atoms with Crippen molar-refractivity contribution in [3.63, 3.8) is 0 Å². The highest BCUT2D eigenvalue weighted by Gasteiger charge is 2.26. The Hall–Kier alpha value is -3.61. The normalized spacial score (nSPS) is 13.9. The molecule has 0 bridgehead atoms. The summed E-state index contributed by atoms with van der Waals surface area (Å²) < 4.78 is 6.96. The minimum Gasteiger partial charge on any atom is -0.497 e. The lowest BCUT2D eigenvalue weighted by Gasteiger charge is -2.35. The molecule has 7 heteroatoms. The van der Waals surface area contributed by atoms with E-state index in [1.54, 1.807) is 39.8 Å². The molecule has 2 heterocycles. The van der Waals surface area contributed by atoms with E-state index >= 15 is 0 Å². The minimum atomic E-state index is -0.0444. The van der Waals surface area contributed by atoms with Crippen LogP contribution in [0.1, 0.15) is 26.4 Å². The van der Waals surface area contributed by atoms with Crippen LogP contribution in [-0.4, -0.2) is 64.7 Å². The van der Waals surface area contributed by atoms with Crippen molar-refractivity contribution in [1.82, 2.24) is 19.6 Å². The fourth-order valence-electron chi connectivity index (χ4n) is 3.57. The third-order valence-electron chi connectivity index (χ3n) is 5.25. The Morgan fingerprint density at radius 2 is 1.47 bits per heavy atom. The Morgan fingerprint density at radius 3 is 2.03 bits per heavy atom. The van der Waals surface area contributed by atoms with E-state index in [-0.39, 0.29) is 11.8 Å². The van der Waals surface area contributed by atoms with Gasteiger partial charge in [0, 0.05) is 43.5 Å². The van der Waals surface area contributed by atoms with Gasteiger partial charge in [-0.05, 0) is 49.4 Å². The molecule has 2 amide bonds. The Bertz CT molecular complexity index is 1070. The second-order valence-corrected chi connectivity index (χ2v) is 7.27. The van der Waals surface area contributed by atoms with Gasteiger partial charge in [0.2, 0.25) is 0 Å². The lowest BCUT2D eigenvalue weighted by molar-refractivity contribution is 0.0535. The number of hydrogen-bond donors (Lipinski definition) is 0. The molecule has 0 aliphatic carbocycles. The van der Waals surface area contributed by atoms with Gasteiger partial charge >= 0.3 is 0 Å². The number of aromatic nitrogens is 2. The SMILES string of the molecule is COc1cccc(C(=O)N2CCN(C(=O)c3cccc(-n4ccc(C)n4)c3)CC2)c1.